The monoisotopic (exact) mass is 388 g/mol. The van der Waals surface area contributed by atoms with Crippen LogP contribution in [0.1, 0.15) is 33.4 Å². The number of hydrogen-bond donors (Lipinski definition) is 3. The quantitative estimate of drug-likeness (QED) is 0.347. The predicted molar refractivity (Wildman–Crippen MR) is 107 cm³/mol. The lowest BCUT2D eigenvalue weighted by Crippen LogP contribution is -1.99. The van der Waals surface area contributed by atoms with Crippen molar-refractivity contribution in [2.45, 2.75) is 6.92 Å². The van der Waals surface area contributed by atoms with Crippen LogP contribution in [-0.4, -0.2) is 26.9 Å². The molecule has 0 aliphatic carbocycles. The van der Waals surface area contributed by atoms with E-state index in [-0.39, 0.29) is 17.1 Å². The zero-order valence-electron chi connectivity index (χ0n) is 15.3. The van der Waals surface area contributed by atoms with E-state index >= 15 is 0 Å². The minimum absolute atomic E-state index is 0.00343. The number of phenols is 3. The highest BCUT2D eigenvalue weighted by Gasteiger charge is 2.19. The van der Waals surface area contributed by atoms with Crippen molar-refractivity contribution in [2.75, 3.05) is 0 Å². The summed E-state index contributed by atoms with van der Waals surface area (Å²) in [7, 11) is 0. The fourth-order valence-electron chi connectivity index (χ4n) is 3.11. The largest absolute Gasteiger partial charge is 0.504 e. The Hall–Kier alpha value is -4.06. The Kier molecular flexibility index (Phi) is 4.31. The molecule has 0 aliphatic rings. The average molecular weight is 388 g/mol. The highest BCUT2D eigenvalue weighted by Crippen LogP contribution is 2.36. The number of Topliss-reactive ketones (excluding diaryl/α,β-unsaturated/α-hetero) is 1. The van der Waals surface area contributed by atoms with E-state index in [1.165, 1.54) is 6.92 Å². The molecule has 0 spiro atoms. The van der Waals surface area contributed by atoms with Gasteiger partial charge in [0.2, 0.25) is 5.78 Å². The highest BCUT2D eigenvalue weighted by atomic mass is 16.3. The Morgan fingerprint density at radius 3 is 2.00 bits per heavy atom. The number of phenolic OH excluding ortho intramolecular Hbond substituents is 3. The molecule has 0 unspecified atom stereocenters. The van der Waals surface area contributed by atoms with E-state index in [9.17, 15) is 24.9 Å². The third kappa shape index (κ3) is 3.32. The van der Waals surface area contributed by atoms with E-state index in [1.54, 1.807) is 24.3 Å². The molecule has 144 valence electrons. The molecule has 1 aromatic heterocycles. The molecular formula is C23H16O6. The topological polar surface area (TPSA) is 108 Å². The predicted octanol–water partition coefficient (Wildman–Crippen LogP) is 4.65. The number of carbonyl (C=O) groups is 2. The summed E-state index contributed by atoms with van der Waals surface area (Å²) in [5.74, 6) is -2.39. The van der Waals surface area contributed by atoms with Crippen molar-refractivity contribution in [2.24, 2.45) is 0 Å². The van der Waals surface area contributed by atoms with Crippen LogP contribution in [0.15, 0.2) is 65.1 Å². The summed E-state index contributed by atoms with van der Waals surface area (Å²) in [4.78, 5) is 24.1. The van der Waals surface area contributed by atoms with Crippen LogP contribution in [0, 0.1) is 0 Å². The first-order chi connectivity index (χ1) is 13.8. The maximum atomic E-state index is 12.7. The number of furan rings is 1. The van der Waals surface area contributed by atoms with Gasteiger partial charge >= 0.3 is 0 Å². The van der Waals surface area contributed by atoms with Crippen molar-refractivity contribution >= 4 is 22.5 Å². The van der Waals surface area contributed by atoms with Crippen molar-refractivity contribution in [3.05, 3.63) is 77.6 Å². The molecule has 0 atom stereocenters. The minimum atomic E-state index is -0.688. The van der Waals surface area contributed by atoms with Gasteiger partial charge in [-0.05, 0) is 48.4 Å². The van der Waals surface area contributed by atoms with Gasteiger partial charge in [0.25, 0.3) is 0 Å². The smallest absolute Gasteiger partial charge is 0.228 e. The van der Waals surface area contributed by atoms with Crippen molar-refractivity contribution in [3.8, 4) is 28.4 Å². The summed E-state index contributed by atoms with van der Waals surface area (Å²) in [5.41, 5.74) is 2.93. The third-order valence-corrected chi connectivity index (χ3v) is 4.70. The molecule has 0 fully saturated rings. The highest BCUT2D eigenvalue weighted by molar-refractivity contribution is 6.09. The van der Waals surface area contributed by atoms with Crippen LogP contribution < -0.4 is 0 Å². The molecule has 0 amide bonds. The number of hydrogen-bond acceptors (Lipinski definition) is 6. The molecule has 4 rings (SSSR count). The number of aromatic hydroxyl groups is 3. The Morgan fingerprint density at radius 1 is 0.759 bits per heavy atom. The SMILES string of the molecule is CC(=O)c1ccc(-c2ccc3oc(C(=O)c4cc(O)c(O)c(O)c4)cc3c2)cc1. The number of ketones is 2. The second kappa shape index (κ2) is 6.83. The Labute approximate surface area is 165 Å². The van der Waals surface area contributed by atoms with Gasteiger partial charge in [0, 0.05) is 16.5 Å². The lowest BCUT2D eigenvalue weighted by molar-refractivity contribution is 0.100. The Bertz CT molecular complexity index is 1240. The van der Waals surface area contributed by atoms with Gasteiger partial charge in [-0.3, -0.25) is 9.59 Å². The first-order valence-electron chi connectivity index (χ1n) is 8.78. The second-order valence-electron chi connectivity index (χ2n) is 6.69. The molecule has 0 bridgehead atoms. The number of fused-ring (bicyclic) bond motifs is 1. The molecular weight excluding hydrogens is 372 g/mol. The van der Waals surface area contributed by atoms with Gasteiger partial charge in [-0.25, -0.2) is 0 Å². The Morgan fingerprint density at radius 2 is 1.38 bits per heavy atom. The number of carbonyl (C=O) groups excluding carboxylic acids is 2. The van der Waals surface area contributed by atoms with Crippen LogP contribution in [0.25, 0.3) is 22.1 Å². The molecule has 1 heterocycles. The first kappa shape index (κ1) is 18.3. The minimum Gasteiger partial charge on any atom is -0.504 e. The summed E-state index contributed by atoms with van der Waals surface area (Å²) < 4.78 is 5.62. The molecule has 29 heavy (non-hydrogen) atoms. The zero-order chi connectivity index (χ0) is 20.7. The molecule has 6 nitrogen and oxygen atoms in total. The summed E-state index contributed by atoms with van der Waals surface area (Å²) in [6, 6.07) is 16.4. The molecule has 0 aliphatic heterocycles. The molecule has 0 radical (unpaired) electrons. The normalized spacial score (nSPS) is 10.9. The molecule has 0 saturated heterocycles. The third-order valence-electron chi connectivity index (χ3n) is 4.70. The van der Waals surface area contributed by atoms with Gasteiger partial charge in [-0.1, -0.05) is 30.3 Å². The maximum Gasteiger partial charge on any atom is 0.228 e. The lowest BCUT2D eigenvalue weighted by Gasteiger charge is -2.03. The fourth-order valence-corrected chi connectivity index (χ4v) is 3.11. The van der Waals surface area contributed by atoms with E-state index in [1.807, 2.05) is 24.3 Å². The zero-order valence-corrected chi connectivity index (χ0v) is 15.3. The van der Waals surface area contributed by atoms with E-state index in [4.69, 9.17) is 4.42 Å². The van der Waals surface area contributed by atoms with Gasteiger partial charge in [-0.2, -0.15) is 0 Å². The van der Waals surface area contributed by atoms with Gasteiger partial charge in [0.15, 0.2) is 28.8 Å². The maximum absolute atomic E-state index is 12.7. The van der Waals surface area contributed by atoms with Crippen LogP contribution in [0.2, 0.25) is 0 Å². The number of benzene rings is 3. The van der Waals surface area contributed by atoms with Gasteiger partial charge < -0.3 is 19.7 Å². The van der Waals surface area contributed by atoms with Crippen molar-refractivity contribution < 1.29 is 29.3 Å². The summed E-state index contributed by atoms with van der Waals surface area (Å²) >= 11 is 0. The Balaban J connectivity index is 1.70. The van der Waals surface area contributed by atoms with Gasteiger partial charge in [0.05, 0.1) is 0 Å². The summed E-state index contributed by atoms with van der Waals surface area (Å²) in [5, 5.41) is 29.4. The van der Waals surface area contributed by atoms with E-state index in [2.05, 4.69) is 0 Å². The van der Waals surface area contributed by atoms with Gasteiger partial charge in [-0.15, -0.1) is 0 Å². The van der Waals surface area contributed by atoms with Crippen molar-refractivity contribution in [3.63, 3.8) is 0 Å². The summed E-state index contributed by atoms with van der Waals surface area (Å²) in [6.07, 6.45) is 0. The molecule has 0 saturated carbocycles. The van der Waals surface area contributed by atoms with Crippen LogP contribution in [0.5, 0.6) is 17.2 Å². The fraction of sp³-hybridized carbons (Fsp3) is 0.0435. The van der Waals surface area contributed by atoms with Crippen LogP contribution in [-0.2, 0) is 0 Å². The molecule has 3 aromatic carbocycles. The van der Waals surface area contributed by atoms with Crippen LogP contribution >= 0.6 is 0 Å². The van der Waals surface area contributed by atoms with Crippen LogP contribution in [0.3, 0.4) is 0 Å². The lowest BCUT2D eigenvalue weighted by atomic mass is 10.0. The van der Waals surface area contributed by atoms with Crippen molar-refractivity contribution in [1.29, 1.82) is 0 Å². The van der Waals surface area contributed by atoms with Gasteiger partial charge in [0.1, 0.15) is 5.58 Å². The molecule has 4 aromatic rings. The van der Waals surface area contributed by atoms with Crippen LogP contribution in [0.4, 0.5) is 0 Å². The van der Waals surface area contributed by atoms with E-state index < -0.39 is 23.0 Å². The van der Waals surface area contributed by atoms with E-state index in [0.717, 1.165) is 23.3 Å². The number of rotatable bonds is 4. The molecule has 6 heteroatoms. The standard InChI is InChI=1S/C23H16O6/c1-12(24)13-2-4-14(5-3-13)15-6-7-20-16(8-15)11-21(29-20)22(27)17-9-18(25)23(28)19(26)10-17/h2-11,25-26,28H,1H3. The average Bonchev–Trinajstić information content (AvgIpc) is 3.14. The first-order valence-corrected chi connectivity index (χ1v) is 8.78. The second-order valence-corrected chi connectivity index (χ2v) is 6.69. The molecule has 3 N–H and O–H groups in total. The van der Waals surface area contributed by atoms with Crippen molar-refractivity contribution in [1.82, 2.24) is 0 Å². The van der Waals surface area contributed by atoms with E-state index in [0.29, 0.717) is 16.5 Å². The summed E-state index contributed by atoms with van der Waals surface area (Å²) in [6.45, 7) is 1.51.